The SMILES string of the molecule is C=CCN1C(=O)[C@@]2(SC1=S)[C@H](c1cc(OC)c(OC)c(OC)c1)CN(C)[C@]21C(=O)N(C)c2ccc(OCC)cc21. The van der Waals surface area contributed by atoms with Gasteiger partial charge < -0.3 is 23.8 Å². The van der Waals surface area contributed by atoms with E-state index in [0.717, 1.165) is 11.3 Å². The van der Waals surface area contributed by atoms with Gasteiger partial charge in [0, 0.05) is 37.3 Å². The lowest BCUT2D eigenvalue weighted by molar-refractivity contribution is -0.138. The molecule has 0 aromatic heterocycles. The molecule has 0 radical (unpaired) electrons. The van der Waals surface area contributed by atoms with Crippen molar-refractivity contribution in [1.82, 2.24) is 9.80 Å². The molecule has 11 heteroatoms. The van der Waals surface area contributed by atoms with Gasteiger partial charge >= 0.3 is 0 Å². The second kappa shape index (κ2) is 10.3. The van der Waals surface area contributed by atoms with Crippen molar-refractivity contribution >= 4 is 45.8 Å². The van der Waals surface area contributed by atoms with Gasteiger partial charge in [0.15, 0.2) is 17.0 Å². The fourth-order valence-electron chi connectivity index (χ4n) is 6.52. The van der Waals surface area contributed by atoms with E-state index in [9.17, 15) is 9.59 Å². The summed E-state index contributed by atoms with van der Waals surface area (Å²) in [4.78, 5) is 34.6. The predicted octanol–water partition coefficient (Wildman–Crippen LogP) is 3.80. The number of hydrogen-bond donors (Lipinski definition) is 0. The lowest BCUT2D eigenvalue weighted by atomic mass is 9.72. The molecule has 0 bridgehead atoms. The summed E-state index contributed by atoms with van der Waals surface area (Å²) in [6.45, 7) is 6.84. The largest absolute Gasteiger partial charge is 0.494 e. The molecule has 0 aliphatic carbocycles. The highest BCUT2D eigenvalue weighted by atomic mass is 32.2. The third-order valence-electron chi connectivity index (χ3n) is 8.13. The summed E-state index contributed by atoms with van der Waals surface area (Å²) in [5.41, 5.74) is 0.850. The fourth-order valence-corrected chi connectivity index (χ4v) is 8.67. The predicted molar refractivity (Wildman–Crippen MR) is 159 cm³/mol. The number of methoxy groups -OCH3 is 3. The average molecular weight is 584 g/mol. The summed E-state index contributed by atoms with van der Waals surface area (Å²) in [5.74, 6) is 1.09. The molecular weight excluding hydrogens is 550 g/mol. The summed E-state index contributed by atoms with van der Waals surface area (Å²) in [5, 5.41) is 0. The Balaban J connectivity index is 1.84. The Morgan fingerprint density at radius 3 is 2.33 bits per heavy atom. The standard InChI is InChI=1S/C29H33N3O6S2/c1-8-12-32-26(34)29(40-27(32)39)20(17-13-22(35-5)24(37-7)23(14-17)36-6)16-30(3)28(29)19-15-18(38-9-2)10-11-21(19)31(4)25(28)33/h8,10-11,13-15,20H,1,9,12,16H2,2-7H3/t20-,28+,29-/m0/s1. The van der Waals surface area contributed by atoms with E-state index in [1.54, 1.807) is 44.3 Å². The van der Waals surface area contributed by atoms with Gasteiger partial charge in [-0.25, -0.2) is 0 Å². The topological polar surface area (TPSA) is 80.8 Å². The molecule has 40 heavy (non-hydrogen) atoms. The molecule has 2 aromatic rings. The molecule has 3 aliphatic heterocycles. The molecule has 2 saturated heterocycles. The minimum absolute atomic E-state index is 0.197. The number of amides is 2. The zero-order valence-electron chi connectivity index (χ0n) is 23.5. The number of thioether (sulfide) groups is 1. The van der Waals surface area contributed by atoms with E-state index in [-0.39, 0.29) is 18.4 Å². The van der Waals surface area contributed by atoms with Crippen LogP contribution in [0.4, 0.5) is 5.69 Å². The van der Waals surface area contributed by atoms with Crippen LogP contribution in [0.2, 0.25) is 0 Å². The average Bonchev–Trinajstić information content (AvgIpc) is 3.45. The van der Waals surface area contributed by atoms with Crippen LogP contribution in [0.5, 0.6) is 23.0 Å². The first-order chi connectivity index (χ1) is 19.2. The Hall–Kier alpha value is -3.28. The lowest BCUT2D eigenvalue weighted by Gasteiger charge is -2.42. The van der Waals surface area contributed by atoms with E-state index in [0.29, 0.717) is 46.0 Å². The van der Waals surface area contributed by atoms with E-state index < -0.39 is 16.2 Å². The second-order valence-electron chi connectivity index (χ2n) is 9.89. The number of likely N-dealkylation sites (tertiary alicyclic amines) is 1. The molecular formula is C29H33N3O6S2. The van der Waals surface area contributed by atoms with Crippen LogP contribution in [-0.4, -0.2) is 85.8 Å². The van der Waals surface area contributed by atoms with Gasteiger partial charge in [-0.15, -0.1) is 6.58 Å². The molecule has 212 valence electrons. The van der Waals surface area contributed by atoms with Crippen molar-refractivity contribution in [3.05, 3.63) is 54.1 Å². The highest BCUT2D eigenvalue weighted by Crippen LogP contribution is 2.67. The van der Waals surface area contributed by atoms with Crippen molar-refractivity contribution in [1.29, 1.82) is 0 Å². The first-order valence-electron chi connectivity index (χ1n) is 12.9. The van der Waals surface area contributed by atoms with Gasteiger partial charge in [0.25, 0.3) is 5.91 Å². The number of thiocarbonyl (C=S) groups is 1. The number of ether oxygens (including phenoxy) is 4. The van der Waals surface area contributed by atoms with Gasteiger partial charge in [0.05, 0.1) is 27.9 Å². The number of hydrogen-bond acceptors (Lipinski definition) is 9. The quantitative estimate of drug-likeness (QED) is 0.341. The summed E-state index contributed by atoms with van der Waals surface area (Å²) in [6, 6.07) is 9.33. The summed E-state index contributed by atoms with van der Waals surface area (Å²) in [6.07, 6.45) is 1.65. The van der Waals surface area contributed by atoms with Crippen LogP contribution in [-0.2, 0) is 15.1 Å². The number of rotatable bonds is 8. The summed E-state index contributed by atoms with van der Waals surface area (Å²) in [7, 11) is 8.28. The lowest BCUT2D eigenvalue weighted by Crippen LogP contribution is -2.62. The van der Waals surface area contributed by atoms with Crippen LogP contribution in [0, 0.1) is 0 Å². The molecule has 2 amide bonds. The highest BCUT2D eigenvalue weighted by molar-refractivity contribution is 8.25. The van der Waals surface area contributed by atoms with Gasteiger partial charge in [-0.2, -0.15) is 0 Å². The van der Waals surface area contributed by atoms with Crippen molar-refractivity contribution in [2.24, 2.45) is 0 Å². The molecule has 0 unspecified atom stereocenters. The van der Waals surface area contributed by atoms with E-state index in [1.807, 2.05) is 49.2 Å². The molecule has 5 rings (SSSR count). The van der Waals surface area contributed by atoms with Gasteiger partial charge in [-0.3, -0.25) is 19.4 Å². The molecule has 3 heterocycles. The zero-order chi connectivity index (χ0) is 29.0. The third kappa shape index (κ3) is 3.53. The minimum Gasteiger partial charge on any atom is -0.494 e. The van der Waals surface area contributed by atoms with Crippen molar-refractivity contribution < 1.29 is 28.5 Å². The van der Waals surface area contributed by atoms with Crippen LogP contribution < -0.4 is 23.8 Å². The number of nitrogens with zero attached hydrogens (tertiary/aromatic N) is 3. The van der Waals surface area contributed by atoms with E-state index >= 15 is 0 Å². The molecule has 3 atom stereocenters. The number of benzene rings is 2. The normalized spacial score (nSPS) is 25.8. The number of fused-ring (bicyclic) bond motifs is 3. The molecule has 2 spiro atoms. The van der Waals surface area contributed by atoms with E-state index in [2.05, 4.69) is 6.58 Å². The van der Waals surface area contributed by atoms with Crippen LogP contribution in [0.15, 0.2) is 43.0 Å². The molecule has 2 aromatic carbocycles. The van der Waals surface area contributed by atoms with Crippen LogP contribution in [0.1, 0.15) is 24.0 Å². The summed E-state index contributed by atoms with van der Waals surface area (Å²) < 4.78 is 21.8. The smallest absolute Gasteiger partial charge is 0.254 e. The number of likely N-dealkylation sites (N-methyl/N-ethyl adjacent to an activating group) is 2. The van der Waals surface area contributed by atoms with Crippen molar-refractivity contribution in [3.8, 4) is 23.0 Å². The van der Waals surface area contributed by atoms with Gasteiger partial charge in [-0.1, -0.05) is 30.1 Å². The van der Waals surface area contributed by atoms with Crippen molar-refractivity contribution in [2.45, 2.75) is 23.1 Å². The Labute approximate surface area is 244 Å². The maximum atomic E-state index is 14.8. The van der Waals surface area contributed by atoms with Crippen molar-refractivity contribution in [3.63, 3.8) is 0 Å². The molecule has 0 saturated carbocycles. The number of carbonyl (C=O) groups is 2. The Morgan fingerprint density at radius 1 is 1.07 bits per heavy atom. The van der Waals surface area contributed by atoms with E-state index in [4.69, 9.17) is 31.2 Å². The molecule has 3 aliphatic rings. The maximum Gasteiger partial charge on any atom is 0.254 e. The summed E-state index contributed by atoms with van der Waals surface area (Å²) >= 11 is 7.08. The third-order valence-corrected chi connectivity index (χ3v) is 10.1. The highest BCUT2D eigenvalue weighted by Gasteiger charge is 2.78. The second-order valence-corrected chi connectivity index (χ2v) is 11.8. The van der Waals surface area contributed by atoms with Crippen LogP contribution >= 0.6 is 24.0 Å². The maximum absolute atomic E-state index is 14.8. The van der Waals surface area contributed by atoms with Gasteiger partial charge in [0.1, 0.15) is 14.8 Å². The van der Waals surface area contributed by atoms with Gasteiger partial charge in [0.2, 0.25) is 11.7 Å². The number of carbonyl (C=O) groups excluding carboxylic acids is 2. The number of anilines is 1. The molecule has 2 fully saturated rings. The monoisotopic (exact) mass is 583 g/mol. The Bertz CT molecular complexity index is 1390. The fraction of sp³-hybridized carbons (Fsp3) is 0.414. The zero-order valence-corrected chi connectivity index (χ0v) is 25.1. The molecule has 0 N–H and O–H groups in total. The molecule has 9 nitrogen and oxygen atoms in total. The first kappa shape index (κ1) is 28.3. The Morgan fingerprint density at radius 2 is 1.75 bits per heavy atom. The first-order valence-corrected chi connectivity index (χ1v) is 14.1. The van der Waals surface area contributed by atoms with Gasteiger partial charge in [-0.05, 0) is 49.9 Å². The van der Waals surface area contributed by atoms with Crippen LogP contribution in [0.3, 0.4) is 0 Å². The van der Waals surface area contributed by atoms with Crippen molar-refractivity contribution in [2.75, 3.05) is 60.0 Å². The van der Waals surface area contributed by atoms with E-state index in [1.165, 1.54) is 11.8 Å². The van der Waals surface area contributed by atoms with Crippen LogP contribution in [0.25, 0.3) is 0 Å². The minimum atomic E-state index is -1.36. The Kier molecular flexibility index (Phi) is 7.26.